The molecule has 0 radical (unpaired) electrons. The van der Waals surface area contributed by atoms with Gasteiger partial charge in [0.15, 0.2) is 0 Å². The lowest BCUT2D eigenvalue weighted by Gasteiger charge is -2.27. The van der Waals surface area contributed by atoms with Crippen LogP contribution in [0.3, 0.4) is 0 Å². The van der Waals surface area contributed by atoms with Crippen molar-refractivity contribution in [3.05, 3.63) is 85.0 Å². The van der Waals surface area contributed by atoms with Gasteiger partial charge in [0.1, 0.15) is 0 Å². The Balaban J connectivity index is 1.44. The number of anilines is 2. The van der Waals surface area contributed by atoms with Crippen LogP contribution < -0.4 is 21.3 Å². The maximum atomic E-state index is 12.7. The van der Waals surface area contributed by atoms with Crippen LogP contribution in [0.2, 0.25) is 0 Å². The molecule has 0 spiro atoms. The predicted molar refractivity (Wildman–Crippen MR) is 141 cm³/mol. The summed E-state index contributed by atoms with van der Waals surface area (Å²) in [6.45, 7) is 7.91. The van der Waals surface area contributed by atoms with E-state index >= 15 is 0 Å². The molecule has 3 rings (SSSR count). The molecule has 2 aromatic rings. The smallest absolute Gasteiger partial charge is 0.251 e. The van der Waals surface area contributed by atoms with Gasteiger partial charge in [-0.3, -0.25) is 19.2 Å². The zero-order valence-electron chi connectivity index (χ0n) is 20.2. The normalized spacial score (nSPS) is 16.8. The van der Waals surface area contributed by atoms with E-state index < -0.39 is 0 Å². The second-order valence-corrected chi connectivity index (χ2v) is 8.68. The topological polar surface area (TPSA) is 116 Å². The van der Waals surface area contributed by atoms with Crippen molar-refractivity contribution < 1.29 is 19.2 Å². The molecule has 8 heteroatoms. The van der Waals surface area contributed by atoms with Crippen LogP contribution >= 0.6 is 0 Å². The summed E-state index contributed by atoms with van der Waals surface area (Å²) in [7, 11) is 0. The van der Waals surface area contributed by atoms with E-state index in [1.165, 1.54) is 0 Å². The lowest BCUT2D eigenvalue weighted by atomic mass is 9.81. The maximum Gasteiger partial charge on any atom is 0.251 e. The van der Waals surface area contributed by atoms with Crippen molar-refractivity contribution in [3.8, 4) is 0 Å². The number of carbonyl (C=O) groups excluding carboxylic acids is 4. The molecule has 0 aliphatic heterocycles. The van der Waals surface area contributed by atoms with E-state index in [9.17, 15) is 19.2 Å². The lowest BCUT2D eigenvalue weighted by Crippen LogP contribution is -2.32. The molecule has 1 aliphatic rings. The zero-order chi connectivity index (χ0) is 25.9. The molecule has 1 saturated carbocycles. The Labute approximate surface area is 211 Å². The number of rotatable bonds is 10. The van der Waals surface area contributed by atoms with Crippen LogP contribution in [0.25, 0.3) is 0 Å². The number of hydrogen-bond acceptors (Lipinski definition) is 4. The molecule has 188 valence electrons. The van der Waals surface area contributed by atoms with Gasteiger partial charge in [-0.25, -0.2) is 0 Å². The van der Waals surface area contributed by atoms with E-state index in [0.717, 1.165) is 0 Å². The van der Waals surface area contributed by atoms with Crippen molar-refractivity contribution >= 4 is 35.0 Å². The first-order chi connectivity index (χ1) is 17.4. The van der Waals surface area contributed by atoms with Gasteiger partial charge in [-0.05, 0) is 74.2 Å². The first-order valence-corrected chi connectivity index (χ1v) is 12.0. The molecule has 0 saturated heterocycles. The van der Waals surface area contributed by atoms with Crippen molar-refractivity contribution in [1.29, 1.82) is 0 Å². The van der Waals surface area contributed by atoms with Gasteiger partial charge >= 0.3 is 0 Å². The fourth-order valence-corrected chi connectivity index (χ4v) is 4.05. The van der Waals surface area contributed by atoms with Gasteiger partial charge in [-0.1, -0.05) is 12.2 Å². The van der Waals surface area contributed by atoms with Gasteiger partial charge < -0.3 is 21.3 Å². The van der Waals surface area contributed by atoms with Gasteiger partial charge in [0.2, 0.25) is 11.8 Å². The molecule has 36 heavy (non-hydrogen) atoms. The highest BCUT2D eigenvalue weighted by molar-refractivity contribution is 5.97. The molecule has 4 amide bonds. The number of benzene rings is 2. The highest BCUT2D eigenvalue weighted by Gasteiger charge is 2.30. The van der Waals surface area contributed by atoms with Gasteiger partial charge in [0, 0.05) is 47.4 Å². The Hall–Kier alpha value is -4.20. The summed E-state index contributed by atoms with van der Waals surface area (Å²) in [4.78, 5) is 49.3. The summed E-state index contributed by atoms with van der Waals surface area (Å²) in [6, 6.07) is 13.5. The average Bonchev–Trinajstić information content (AvgIpc) is 2.91. The monoisotopic (exact) mass is 488 g/mol. The summed E-state index contributed by atoms with van der Waals surface area (Å²) >= 11 is 0. The van der Waals surface area contributed by atoms with Gasteiger partial charge in [0.25, 0.3) is 11.8 Å². The standard InChI is InChI=1S/C28H32N4O4/c1-3-17-29-25(33)19-9-13-23(14-10-19)31-27(35)21-5-7-22(8-6-21)28(36)32-24-15-11-20(12-16-24)26(34)30-18-4-2/h3-4,9-16,21-22H,1-2,5-8,17-18H2,(H,29,33)(H,30,34)(H,31,35)(H,32,36). The zero-order valence-corrected chi connectivity index (χ0v) is 20.2. The minimum atomic E-state index is -0.200. The summed E-state index contributed by atoms with van der Waals surface area (Å²) in [5, 5.41) is 11.2. The van der Waals surface area contributed by atoms with Crippen LogP contribution in [0.5, 0.6) is 0 Å². The predicted octanol–water partition coefficient (Wildman–Crippen LogP) is 3.90. The highest BCUT2D eigenvalue weighted by atomic mass is 16.2. The lowest BCUT2D eigenvalue weighted by molar-refractivity contribution is -0.125. The van der Waals surface area contributed by atoms with Crippen molar-refractivity contribution in [2.45, 2.75) is 25.7 Å². The largest absolute Gasteiger partial charge is 0.349 e. The van der Waals surface area contributed by atoms with E-state index in [4.69, 9.17) is 0 Å². The third kappa shape index (κ3) is 7.40. The summed E-state index contributed by atoms with van der Waals surface area (Å²) in [6.07, 6.45) is 5.69. The van der Waals surface area contributed by atoms with Crippen LogP contribution in [0.4, 0.5) is 11.4 Å². The minimum Gasteiger partial charge on any atom is -0.349 e. The van der Waals surface area contributed by atoms with Gasteiger partial charge in [-0.2, -0.15) is 0 Å². The maximum absolute atomic E-state index is 12.7. The van der Waals surface area contributed by atoms with E-state index in [1.807, 2.05) is 0 Å². The van der Waals surface area contributed by atoms with Crippen LogP contribution in [0, 0.1) is 11.8 Å². The number of hydrogen-bond donors (Lipinski definition) is 4. The molecule has 8 nitrogen and oxygen atoms in total. The second-order valence-electron chi connectivity index (χ2n) is 8.68. The first kappa shape index (κ1) is 26.4. The minimum absolute atomic E-state index is 0.0805. The molecule has 0 unspecified atom stereocenters. The molecule has 0 heterocycles. The Morgan fingerprint density at radius 1 is 0.639 bits per heavy atom. The summed E-state index contributed by atoms with van der Waals surface area (Å²) in [5.74, 6) is -0.898. The highest BCUT2D eigenvalue weighted by Crippen LogP contribution is 2.30. The molecule has 1 fully saturated rings. The van der Waals surface area contributed by atoms with Crippen molar-refractivity contribution in [3.63, 3.8) is 0 Å². The molecular formula is C28H32N4O4. The second kappa shape index (κ2) is 13.0. The summed E-state index contributed by atoms with van der Waals surface area (Å²) in [5.41, 5.74) is 2.27. The number of nitrogens with one attached hydrogen (secondary N) is 4. The van der Waals surface area contributed by atoms with E-state index in [1.54, 1.807) is 60.7 Å². The van der Waals surface area contributed by atoms with Crippen LogP contribution in [0.1, 0.15) is 46.4 Å². The molecular weight excluding hydrogens is 456 g/mol. The fourth-order valence-electron chi connectivity index (χ4n) is 4.05. The average molecular weight is 489 g/mol. The number of carbonyl (C=O) groups is 4. The molecule has 0 bridgehead atoms. The van der Waals surface area contributed by atoms with Crippen molar-refractivity contribution in [2.24, 2.45) is 11.8 Å². The molecule has 4 N–H and O–H groups in total. The van der Waals surface area contributed by atoms with Crippen LogP contribution in [-0.2, 0) is 9.59 Å². The third-order valence-corrected chi connectivity index (χ3v) is 6.11. The fraction of sp³-hybridized carbons (Fsp3) is 0.286. The Kier molecular flexibility index (Phi) is 9.56. The Bertz CT molecular complexity index is 1010. The molecule has 2 aromatic carbocycles. The third-order valence-electron chi connectivity index (χ3n) is 6.11. The Morgan fingerprint density at radius 3 is 1.28 bits per heavy atom. The number of amides is 4. The molecule has 0 atom stereocenters. The van der Waals surface area contributed by atoms with Crippen molar-refractivity contribution in [1.82, 2.24) is 10.6 Å². The molecule has 1 aliphatic carbocycles. The first-order valence-electron chi connectivity index (χ1n) is 12.0. The van der Waals surface area contributed by atoms with Gasteiger partial charge in [-0.15, -0.1) is 13.2 Å². The quantitative estimate of drug-likeness (QED) is 0.380. The summed E-state index contributed by atoms with van der Waals surface area (Å²) < 4.78 is 0. The van der Waals surface area contributed by atoms with Gasteiger partial charge in [0.05, 0.1) is 0 Å². The van der Waals surface area contributed by atoms with Crippen LogP contribution in [0.15, 0.2) is 73.8 Å². The van der Waals surface area contributed by atoms with Crippen molar-refractivity contribution in [2.75, 3.05) is 23.7 Å². The molecule has 0 aromatic heterocycles. The van der Waals surface area contributed by atoms with E-state index in [2.05, 4.69) is 34.4 Å². The Morgan fingerprint density at radius 2 is 0.972 bits per heavy atom. The SMILES string of the molecule is C=CCNC(=O)c1ccc(NC(=O)C2CCC(C(=O)Nc3ccc(C(=O)NCC=C)cc3)CC2)cc1. The van der Waals surface area contributed by atoms with Crippen LogP contribution in [-0.4, -0.2) is 36.7 Å². The van der Waals surface area contributed by atoms with E-state index in [0.29, 0.717) is 61.3 Å². The van der Waals surface area contributed by atoms with E-state index in [-0.39, 0.29) is 35.5 Å².